The molecule has 3 rings (SSSR count). The zero-order valence-electron chi connectivity index (χ0n) is 18.3. The Hall–Kier alpha value is -1.54. The maximum Gasteiger partial charge on any atom is 0.122 e. The number of nitrogens with one attached hydrogen (secondary N) is 1. The summed E-state index contributed by atoms with van der Waals surface area (Å²) in [6.07, 6.45) is 0.762. The van der Waals surface area contributed by atoms with E-state index in [0.29, 0.717) is 34.9 Å². The van der Waals surface area contributed by atoms with Gasteiger partial charge in [-0.05, 0) is 63.2 Å². The molecule has 1 heterocycles. The molecule has 1 fully saturated rings. The second-order valence-electron chi connectivity index (χ2n) is 8.33. The fourth-order valence-corrected chi connectivity index (χ4v) is 4.17. The van der Waals surface area contributed by atoms with Crippen molar-refractivity contribution >= 4 is 23.2 Å². The summed E-state index contributed by atoms with van der Waals surface area (Å²) in [4.78, 5) is 2.23. The molecule has 1 saturated heterocycles. The fraction of sp³-hybridized carbons (Fsp3) is 0.500. The minimum atomic E-state index is -0.599. The number of aliphatic hydroxyl groups excluding tert-OH is 2. The summed E-state index contributed by atoms with van der Waals surface area (Å²) in [5, 5.41) is 24.9. The van der Waals surface area contributed by atoms with Gasteiger partial charge in [-0.25, -0.2) is 0 Å². The third kappa shape index (κ3) is 8.77. The molecule has 0 saturated carbocycles. The highest BCUT2D eigenvalue weighted by Gasteiger charge is 2.21. The van der Waals surface area contributed by atoms with Crippen molar-refractivity contribution in [2.75, 3.05) is 39.4 Å². The van der Waals surface area contributed by atoms with Crippen LogP contribution in [0.4, 0.5) is 0 Å². The van der Waals surface area contributed by atoms with Crippen LogP contribution in [0, 0.1) is 6.92 Å². The highest BCUT2D eigenvalue weighted by atomic mass is 35.5. The van der Waals surface area contributed by atoms with E-state index in [-0.39, 0.29) is 13.2 Å². The molecular weight excluding hydrogens is 451 g/mol. The van der Waals surface area contributed by atoms with Crippen LogP contribution in [0.15, 0.2) is 42.5 Å². The van der Waals surface area contributed by atoms with E-state index in [1.165, 1.54) is 5.56 Å². The lowest BCUT2D eigenvalue weighted by molar-refractivity contribution is 0.0556. The van der Waals surface area contributed by atoms with Crippen molar-refractivity contribution in [1.82, 2.24) is 10.2 Å². The number of aliphatic hydroxyl groups is 2. The topological polar surface area (TPSA) is 74.2 Å². The highest BCUT2D eigenvalue weighted by molar-refractivity contribution is 6.34. The Morgan fingerprint density at radius 3 is 2.19 bits per heavy atom. The molecule has 0 bridgehead atoms. The van der Waals surface area contributed by atoms with Crippen LogP contribution in [0.25, 0.3) is 0 Å². The van der Waals surface area contributed by atoms with Crippen molar-refractivity contribution in [3.8, 4) is 11.5 Å². The number of likely N-dealkylation sites (tertiary alicyclic amines) is 1. The molecule has 0 aromatic heterocycles. The molecule has 2 aromatic carbocycles. The summed E-state index contributed by atoms with van der Waals surface area (Å²) in [7, 11) is 0. The lowest BCUT2D eigenvalue weighted by Gasteiger charge is -2.33. The molecule has 0 aliphatic carbocycles. The van der Waals surface area contributed by atoms with Gasteiger partial charge in [0.1, 0.15) is 36.9 Å². The summed E-state index contributed by atoms with van der Waals surface area (Å²) < 4.78 is 11.3. The molecule has 0 radical (unpaired) electrons. The molecule has 32 heavy (non-hydrogen) atoms. The number of aryl methyl sites for hydroxylation is 1. The normalized spacial score (nSPS) is 17.2. The van der Waals surface area contributed by atoms with Gasteiger partial charge in [-0.2, -0.15) is 0 Å². The minimum Gasteiger partial charge on any atom is -0.491 e. The number of ether oxygens (including phenoxy) is 2. The van der Waals surface area contributed by atoms with Crippen LogP contribution < -0.4 is 14.8 Å². The van der Waals surface area contributed by atoms with Crippen LogP contribution in [0.1, 0.15) is 18.4 Å². The van der Waals surface area contributed by atoms with E-state index in [1.807, 2.05) is 31.2 Å². The zero-order valence-corrected chi connectivity index (χ0v) is 19.9. The molecule has 0 spiro atoms. The van der Waals surface area contributed by atoms with Crippen LogP contribution >= 0.6 is 23.2 Å². The Balaban J connectivity index is 1.28. The molecule has 1 aliphatic rings. The summed E-state index contributed by atoms with van der Waals surface area (Å²) in [6, 6.07) is 13.1. The van der Waals surface area contributed by atoms with Crippen molar-refractivity contribution in [3.63, 3.8) is 0 Å². The van der Waals surface area contributed by atoms with Crippen LogP contribution in [0.3, 0.4) is 0 Å². The number of nitrogens with zero attached hydrogens (tertiary/aromatic N) is 1. The van der Waals surface area contributed by atoms with Gasteiger partial charge in [-0.3, -0.25) is 0 Å². The second-order valence-corrected chi connectivity index (χ2v) is 9.20. The van der Waals surface area contributed by atoms with E-state index in [4.69, 9.17) is 32.7 Å². The molecule has 3 N–H and O–H groups in total. The highest BCUT2D eigenvalue weighted by Crippen LogP contribution is 2.24. The molecule has 8 heteroatoms. The van der Waals surface area contributed by atoms with Gasteiger partial charge in [-0.1, -0.05) is 40.9 Å². The molecule has 2 atom stereocenters. The van der Waals surface area contributed by atoms with Gasteiger partial charge in [0, 0.05) is 29.2 Å². The first-order chi connectivity index (χ1) is 15.4. The summed E-state index contributed by atoms with van der Waals surface area (Å²) in [6.45, 7) is 5.28. The number of β-amino-alcohol motifs (C(OH)–C–C–N with tert-alkyl or cyclic N) is 1. The number of hydrogen-bond acceptors (Lipinski definition) is 6. The maximum atomic E-state index is 10.3. The Bertz CT molecular complexity index is 809. The van der Waals surface area contributed by atoms with Crippen LogP contribution in [-0.4, -0.2) is 72.8 Å². The van der Waals surface area contributed by atoms with E-state index in [1.54, 1.807) is 18.2 Å². The fourth-order valence-electron chi connectivity index (χ4n) is 3.66. The van der Waals surface area contributed by atoms with Crippen molar-refractivity contribution in [2.45, 2.75) is 38.0 Å². The van der Waals surface area contributed by atoms with E-state index < -0.39 is 12.2 Å². The predicted octanol–water partition coefficient (Wildman–Crippen LogP) is 3.54. The van der Waals surface area contributed by atoms with E-state index in [0.717, 1.165) is 31.7 Å². The van der Waals surface area contributed by atoms with Gasteiger partial charge in [0.15, 0.2) is 0 Å². The summed E-state index contributed by atoms with van der Waals surface area (Å²) in [5.41, 5.74) is 1.18. The van der Waals surface area contributed by atoms with Crippen molar-refractivity contribution < 1.29 is 19.7 Å². The minimum absolute atomic E-state index is 0.183. The lowest BCUT2D eigenvalue weighted by Crippen LogP contribution is -2.47. The predicted molar refractivity (Wildman–Crippen MR) is 128 cm³/mol. The van der Waals surface area contributed by atoms with Crippen LogP contribution in [-0.2, 0) is 0 Å². The third-order valence-electron chi connectivity index (χ3n) is 5.44. The zero-order chi connectivity index (χ0) is 22.9. The maximum absolute atomic E-state index is 10.3. The Morgan fingerprint density at radius 2 is 1.53 bits per heavy atom. The second kappa shape index (κ2) is 12.6. The largest absolute Gasteiger partial charge is 0.491 e. The van der Waals surface area contributed by atoms with Crippen LogP contribution in [0.5, 0.6) is 11.5 Å². The van der Waals surface area contributed by atoms with Gasteiger partial charge in [0.05, 0.1) is 0 Å². The SMILES string of the molecule is Cc1ccc(OC[C@@H](O)CNC2CCN(C[C@H](O)COc3cc(Cl)cc(Cl)c3)CC2)cc1. The average molecular weight is 483 g/mol. The molecule has 1 aliphatic heterocycles. The van der Waals surface area contributed by atoms with Crippen LogP contribution in [0.2, 0.25) is 10.0 Å². The first kappa shape index (κ1) is 25.1. The molecule has 176 valence electrons. The van der Waals surface area contributed by atoms with E-state index in [9.17, 15) is 10.2 Å². The quantitative estimate of drug-likeness (QED) is 0.454. The first-order valence-electron chi connectivity index (χ1n) is 11.0. The molecule has 2 aromatic rings. The van der Waals surface area contributed by atoms with Gasteiger partial charge in [0.2, 0.25) is 0 Å². The number of halogens is 2. The summed E-state index contributed by atoms with van der Waals surface area (Å²) >= 11 is 11.9. The van der Waals surface area contributed by atoms with Gasteiger partial charge < -0.3 is 29.9 Å². The smallest absolute Gasteiger partial charge is 0.122 e. The molecular formula is C24H32Cl2N2O4. The standard InChI is InChI=1S/C24H32Cl2N2O4/c1-17-2-4-23(5-3-17)31-15-21(29)13-27-20-6-8-28(9-7-20)14-22(30)16-32-24-11-18(25)10-19(26)12-24/h2-5,10-12,20-22,27,29-30H,6-9,13-16H2,1H3/t21-,22-/m0/s1. The number of rotatable bonds is 11. The van der Waals surface area contributed by atoms with Crippen molar-refractivity contribution in [3.05, 3.63) is 58.1 Å². The molecule has 0 unspecified atom stereocenters. The average Bonchev–Trinajstić information content (AvgIpc) is 2.76. The van der Waals surface area contributed by atoms with Gasteiger partial charge >= 0.3 is 0 Å². The van der Waals surface area contributed by atoms with Gasteiger partial charge in [0.25, 0.3) is 0 Å². The number of hydrogen-bond donors (Lipinski definition) is 3. The monoisotopic (exact) mass is 482 g/mol. The van der Waals surface area contributed by atoms with E-state index in [2.05, 4.69) is 10.2 Å². The van der Waals surface area contributed by atoms with Gasteiger partial charge in [-0.15, -0.1) is 0 Å². The number of piperidine rings is 1. The Labute approximate surface area is 200 Å². The molecule has 0 amide bonds. The Morgan fingerprint density at radius 1 is 0.938 bits per heavy atom. The number of benzene rings is 2. The summed E-state index contributed by atoms with van der Waals surface area (Å²) in [5.74, 6) is 1.32. The molecule has 6 nitrogen and oxygen atoms in total. The van der Waals surface area contributed by atoms with E-state index >= 15 is 0 Å². The van der Waals surface area contributed by atoms with Crippen molar-refractivity contribution in [2.24, 2.45) is 0 Å². The van der Waals surface area contributed by atoms with Crippen molar-refractivity contribution in [1.29, 1.82) is 0 Å². The Kier molecular flexibility index (Phi) is 9.91. The first-order valence-corrected chi connectivity index (χ1v) is 11.7. The third-order valence-corrected chi connectivity index (χ3v) is 5.88. The lowest BCUT2D eigenvalue weighted by atomic mass is 10.0.